The summed E-state index contributed by atoms with van der Waals surface area (Å²) in [5, 5.41) is 10.6. The van der Waals surface area contributed by atoms with Crippen LogP contribution in [-0.4, -0.2) is 96.7 Å². The largest absolute Gasteiger partial charge is 0.472 e. The van der Waals surface area contributed by atoms with Crippen LogP contribution in [0.3, 0.4) is 0 Å². The third-order valence-electron chi connectivity index (χ3n) is 19.4. The van der Waals surface area contributed by atoms with E-state index in [1.54, 1.807) is 0 Å². The quantitative estimate of drug-likeness (QED) is 0.0222. The lowest BCUT2D eigenvalue weighted by Crippen LogP contribution is -2.30. The Labute approximate surface area is 619 Å². The molecule has 4 unspecified atom stereocenters. The molecule has 0 aromatic rings. The van der Waals surface area contributed by atoms with E-state index in [2.05, 4.69) is 55.4 Å². The summed E-state index contributed by atoms with van der Waals surface area (Å²) in [4.78, 5) is 73.0. The minimum atomic E-state index is -4.96. The first-order valence-corrected chi connectivity index (χ1v) is 45.2. The van der Waals surface area contributed by atoms with E-state index in [0.717, 1.165) is 114 Å². The van der Waals surface area contributed by atoms with Gasteiger partial charge in [0.15, 0.2) is 12.2 Å². The summed E-state index contributed by atoms with van der Waals surface area (Å²) >= 11 is 0. The smallest absolute Gasteiger partial charge is 0.462 e. The summed E-state index contributed by atoms with van der Waals surface area (Å²) in [6.45, 7) is 14.2. The van der Waals surface area contributed by atoms with Gasteiger partial charge < -0.3 is 33.8 Å². The third kappa shape index (κ3) is 74.7. The summed E-state index contributed by atoms with van der Waals surface area (Å²) < 4.78 is 68.7. The number of phosphoric acid groups is 2. The minimum Gasteiger partial charge on any atom is -0.462 e. The van der Waals surface area contributed by atoms with Crippen molar-refractivity contribution in [1.82, 2.24) is 0 Å². The molecule has 19 heteroatoms. The predicted octanol–water partition coefficient (Wildman–Crippen LogP) is 24.4. The number of phosphoric ester groups is 2. The SMILES string of the molecule is CCC(C)CCCCCCCCCCC(=O)O[C@H](COC(=O)CCCCCCCCCC(C)C)COP(=O)(O)OCC(O)COP(=O)(O)OC[C@@H](COC(=O)CCCCCCCCCCCCCCCCCCCCC(C)C)OC(=O)CCCCCCCCCCCCCCCCCC(C)C. The number of carbonyl (C=O) groups excluding carboxylic acids is 4. The zero-order chi connectivity index (χ0) is 74.6. The van der Waals surface area contributed by atoms with E-state index in [9.17, 15) is 43.2 Å². The van der Waals surface area contributed by atoms with Gasteiger partial charge in [-0.05, 0) is 49.4 Å². The highest BCUT2D eigenvalue weighted by Gasteiger charge is 2.30. The highest BCUT2D eigenvalue weighted by molar-refractivity contribution is 7.47. The lowest BCUT2D eigenvalue weighted by molar-refractivity contribution is -0.161. The van der Waals surface area contributed by atoms with Crippen molar-refractivity contribution in [3.8, 4) is 0 Å². The lowest BCUT2D eigenvalue weighted by Gasteiger charge is -2.21. The van der Waals surface area contributed by atoms with Crippen LogP contribution in [0.2, 0.25) is 0 Å². The second-order valence-electron chi connectivity index (χ2n) is 31.2. The summed E-state index contributed by atoms with van der Waals surface area (Å²) in [5.41, 5.74) is 0. The number of aliphatic hydroxyl groups is 1. The number of aliphatic hydroxyl groups excluding tert-OH is 1. The summed E-state index contributed by atoms with van der Waals surface area (Å²) in [6, 6.07) is 0. The second kappa shape index (κ2) is 71.0. The van der Waals surface area contributed by atoms with E-state index < -0.39 is 97.5 Å². The Morgan fingerprint density at radius 1 is 0.277 bits per heavy atom. The summed E-state index contributed by atoms with van der Waals surface area (Å²) in [7, 11) is -9.92. The van der Waals surface area contributed by atoms with Gasteiger partial charge >= 0.3 is 39.5 Å². The van der Waals surface area contributed by atoms with Crippen molar-refractivity contribution in [2.75, 3.05) is 39.6 Å². The van der Waals surface area contributed by atoms with Gasteiger partial charge in [0, 0.05) is 25.7 Å². The fourth-order valence-electron chi connectivity index (χ4n) is 12.6. The number of carbonyl (C=O) groups is 4. The Hall–Kier alpha value is -1.94. The normalized spacial score (nSPS) is 14.3. The molecule has 0 heterocycles. The predicted molar refractivity (Wildman–Crippen MR) is 414 cm³/mol. The summed E-state index contributed by atoms with van der Waals surface area (Å²) in [5.74, 6) is 0.984. The first-order valence-electron chi connectivity index (χ1n) is 42.2. The first-order chi connectivity index (χ1) is 48.6. The molecule has 0 spiro atoms. The van der Waals surface area contributed by atoms with Crippen LogP contribution in [0.5, 0.6) is 0 Å². The van der Waals surface area contributed by atoms with Gasteiger partial charge in [0.1, 0.15) is 19.3 Å². The van der Waals surface area contributed by atoms with E-state index in [0.29, 0.717) is 31.6 Å². The van der Waals surface area contributed by atoms with E-state index in [-0.39, 0.29) is 25.7 Å². The zero-order valence-electron chi connectivity index (χ0n) is 66.5. The van der Waals surface area contributed by atoms with E-state index in [4.69, 9.17) is 37.0 Å². The van der Waals surface area contributed by atoms with Crippen LogP contribution in [0.1, 0.15) is 421 Å². The maximum absolute atomic E-state index is 13.1. The van der Waals surface area contributed by atoms with Gasteiger partial charge in [-0.3, -0.25) is 37.3 Å². The topological polar surface area (TPSA) is 237 Å². The standard InChI is InChI=1S/C82H160O17P2/c1-9-75(8)61-53-45-37-31-32-40-49-57-65-82(87)99-78(69-93-80(85)63-55-47-41-33-36-44-52-60-74(6)7)71-97-101(90,91)95-67-76(83)66-94-100(88,89)96-70-77(98-81(86)64-56-48-39-30-26-22-18-14-16-20-24-28-35-43-51-59-73(4)5)68-92-79(84)62-54-46-38-29-25-21-17-13-11-10-12-15-19-23-27-34-42-50-58-72(2)3/h72-78,83H,9-71H2,1-8H3,(H,88,89)(H,90,91)/t75?,76?,77-,78-/m1/s1. The average molecular weight is 1480 g/mol. The van der Waals surface area contributed by atoms with Gasteiger partial charge in [0.05, 0.1) is 26.4 Å². The average Bonchev–Trinajstić information content (AvgIpc) is 0.926. The Kier molecular flexibility index (Phi) is 69.6. The molecule has 0 fully saturated rings. The van der Waals surface area contributed by atoms with Crippen molar-refractivity contribution in [2.24, 2.45) is 23.7 Å². The van der Waals surface area contributed by atoms with Crippen LogP contribution in [0, 0.1) is 23.7 Å². The molecule has 0 amide bonds. The molecule has 0 radical (unpaired) electrons. The zero-order valence-corrected chi connectivity index (χ0v) is 68.3. The van der Waals surface area contributed by atoms with Crippen LogP contribution in [0.4, 0.5) is 0 Å². The molecule has 0 bridgehead atoms. The molecule has 0 saturated heterocycles. The number of unbranched alkanes of at least 4 members (excludes halogenated alkanes) is 44. The van der Waals surface area contributed by atoms with Crippen LogP contribution in [-0.2, 0) is 65.4 Å². The molecular weight excluding hydrogens is 1320 g/mol. The van der Waals surface area contributed by atoms with Crippen molar-refractivity contribution >= 4 is 39.5 Å². The molecule has 0 aromatic carbocycles. The van der Waals surface area contributed by atoms with Gasteiger partial charge in [0.2, 0.25) is 0 Å². The molecule has 101 heavy (non-hydrogen) atoms. The first kappa shape index (κ1) is 99.1. The Balaban J connectivity index is 5.21. The molecule has 0 aromatic heterocycles. The Bertz CT molecular complexity index is 1970. The van der Waals surface area contributed by atoms with Gasteiger partial charge in [-0.15, -0.1) is 0 Å². The number of ether oxygens (including phenoxy) is 4. The molecule has 0 rings (SSSR count). The van der Waals surface area contributed by atoms with Crippen molar-refractivity contribution in [1.29, 1.82) is 0 Å². The van der Waals surface area contributed by atoms with Gasteiger partial charge in [-0.2, -0.15) is 0 Å². The van der Waals surface area contributed by atoms with E-state index in [1.165, 1.54) is 218 Å². The maximum atomic E-state index is 13.1. The van der Waals surface area contributed by atoms with E-state index in [1.807, 2.05) is 0 Å². The van der Waals surface area contributed by atoms with Gasteiger partial charge in [-0.1, -0.05) is 370 Å². The molecule has 3 N–H and O–H groups in total. The molecular formula is C82H160O17P2. The molecule has 17 nitrogen and oxygen atoms in total. The molecule has 0 aliphatic carbocycles. The van der Waals surface area contributed by atoms with Crippen molar-refractivity contribution < 1.29 is 80.2 Å². The Morgan fingerprint density at radius 3 is 0.703 bits per heavy atom. The van der Waals surface area contributed by atoms with Crippen molar-refractivity contribution in [2.45, 2.75) is 440 Å². The summed E-state index contributed by atoms with van der Waals surface area (Å²) in [6.07, 6.45) is 58.4. The number of esters is 4. The van der Waals surface area contributed by atoms with Crippen LogP contribution < -0.4 is 0 Å². The van der Waals surface area contributed by atoms with Crippen molar-refractivity contribution in [3.63, 3.8) is 0 Å². The highest BCUT2D eigenvalue weighted by Crippen LogP contribution is 2.45. The molecule has 0 aliphatic rings. The highest BCUT2D eigenvalue weighted by atomic mass is 31.2. The molecule has 6 atom stereocenters. The number of hydrogen-bond donors (Lipinski definition) is 3. The second-order valence-corrected chi connectivity index (χ2v) is 34.1. The molecule has 0 saturated carbocycles. The Morgan fingerprint density at radius 2 is 0.475 bits per heavy atom. The lowest BCUT2D eigenvalue weighted by atomic mass is 9.99. The third-order valence-corrected chi connectivity index (χ3v) is 21.3. The molecule has 600 valence electrons. The molecule has 0 aliphatic heterocycles. The minimum absolute atomic E-state index is 0.104. The van der Waals surface area contributed by atoms with Crippen molar-refractivity contribution in [3.05, 3.63) is 0 Å². The number of hydrogen-bond acceptors (Lipinski definition) is 15. The fourth-order valence-corrected chi connectivity index (χ4v) is 14.2. The van der Waals surface area contributed by atoms with Gasteiger partial charge in [-0.25, -0.2) is 9.13 Å². The monoisotopic (exact) mass is 1480 g/mol. The van der Waals surface area contributed by atoms with E-state index >= 15 is 0 Å². The van der Waals surface area contributed by atoms with Crippen LogP contribution in [0.25, 0.3) is 0 Å². The number of rotatable bonds is 79. The van der Waals surface area contributed by atoms with Gasteiger partial charge in [0.25, 0.3) is 0 Å². The fraction of sp³-hybridized carbons (Fsp3) is 0.951. The van der Waals surface area contributed by atoms with Crippen LogP contribution in [0.15, 0.2) is 0 Å². The van der Waals surface area contributed by atoms with Crippen LogP contribution >= 0.6 is 15.6 Å². The maximum Gasteiger partial charge on any atom is 0.472 e.